The van der Waals surface area contributed by atoms with Crippen LogP contribution >= 0.6 is 0 Å². The van der Waals surface area contributed by atoms with E-state index in [2.05, 4.69) is 224 Å². The predicted octanol–water partition coefficient (Wildman–Crippen LogP) is 14.4. The second kappa shape index (κ2) is 13.6. The minimum Gasteiger partial charge on any atom is -0.341 e. The number of anilines is 2. The van der Waals surface area contributed by atoms with Crippen molar-refractivity contribution in [2.45, 2.75) is 25.7 Å². The first-order chi connectivity index (χ1) is 28.5. The summed E-state index contributed by atoms with van der Waals surface area (Å²) in [5, 5.41) is 2.52. The molecule has 0 aliphatic heterocycles. The first kappa shape index (κ1) is 34.4. The van der Waals surface area contributed by atoms with Gasteiger partial charge >= 0.3 is 0 Å². The highest BCUT2D eigenvalue weighted by Gasteiger charge is 2.35. The van der Waals surface area contributed by atoms with Crippen LogP contribution in [0.25, 0.3) is 66.9 Å². The summed E-state index contributed by atoms with van der Waals surface area (Å²) < 4.78 is 2.40. The molecule has 1 atom stereocenters. The number of fused-ring (bicyclic) bond motifs is 7. The molecule has 58 heavy (non-hydrogen) atoms. The Morgan fingerprint density at radius 3 is 2.02 bits per heavy atom. The molecule has 0 spiro atoms. The van der Waals surface area contributed by atoms with Crippen LogP contribution in [-0.2, 0) is 11.8 Å². The molecule has 2 aliphatic rings. The first-order valence-corrected chi connectivity index (χ1v) is 20.6. The van der Waals surface area contributed by atoms with E-state index < -0.39 is 0 Å². The lowest BCUT2D eigenvalue weighted by molar-refractivity contribution is 0.641. The van der Waals surface area contributed by atoms with Crippen molar-refractivity contribution in [3.63, 3.8) is 0 Å². The van der Waals surface area contributed by atoms with Crippen molar-refractivity contribution in [3.8, 4) is 39.1 Å². The van der Waals surface area contributed by atoms with Crippen LogP contribution in [0.1, 0.15) is 36.1 Å². The van der Waals surface area contributed by atoms with Gasteiger partial charge in [-0.05, 0) is 123 Å². The number of nitrogens with zero attached hydrogens (tertiary/aromatic N) is 2. The zero-order chi connectivity index (χ0) is 38.8. The molecule has 0 bridgehead atoms. The number of rotatable bonds is 7. The number of benzene rings is 8. The number of aromatic nitrogens is 1. The molecule has 2 nitrogen and oxygen atoms in total. The van der Waals surface area contributed by atoms with Crippen LogP contribution < -0.4 is 4.90 Å². The van der Waals surface area contributed by atoms with Crippen LogP contribution in [0.15, 0.2) is 194 Å². The number of hydrogen-bond donors (Lipinski definition) is 0. The minimum absolute atomic E-state index is 0.0610. The molecule has 0 radical (unpaired) electrons. The van der Waals surface area contributed by atoms with Gasteiger partial charge in [-0.15, -0.1) is 0 Å². The van der Waals surface area contributed by atoms with Crippen molar-refractivity contribution in [2.75, 3.05) is 11.4 Å². The zero-order valence-electron chi connectivity index (χ0n) is 32.9. The molecule has 0 saturated carbocycles. The van der Waals surface area contributed by atoms with Crippen LogP contribution in [0, 0.1) is 5.92 Å². The van der Waals surface area contributed by atoms with Gasteiger partial charge in [0, 0.05) is 39.8 Å². The van der Waals surface area contributed by atoms with Crippen LogP contribution in [0.5, 0.6) is 0 Å². The maximum Gasteiger partial charge on any atom is 0.0541 e. The summed E-state index contributed by atoms with van der Waals surface area (Å²) in [6.07, 6.45) is 5.77. The molecule has 1 heterocycles. The van der Waals surface area contributed by atoms with Crippen molar-refractivity contribution < 1.29 is 0 Å². The molecule has 1 unspecified atom stereocenters. The molecule has 1 aromatic heterocycles. The molecule has 2 aliphatic carbocycles. The van der Waals surface area contributed by atoms with E-state index in [4.69, 9.17) is 0 Å². The van der Waals surface area contributed by atoms with Gasteiger partial charge in [0.2, 0.25) is 0 Å². The Hall–Kier alpha value is -6.90. The molecule has 0 amide bonds. The summed E-state index contributed by atoms with van der Waals surface area (Å²) in [4.78, 5) is 2.55. The summed E-state index contributed by atoms with van der Waals surface area (Å²) in [6, 6.07) is 69.5. The van der Waals surface area contributed by atoms with E-state index in [1.165, 1.54) is 88.8 Å². The Balaban J connectivity index is 0.955. The average molecular weight is 745 g/mol. The van der Waals surface area contributed by atoms with Gasteiger partial charge in [-0.2, -0.15) is 0 Å². The molecule has 0 N–H and O–H groups in total. The fraction of sp³-hybridized carbons (Fsp3) is 0.107. The molecule has 8 aromatic carbocycles. The maximum atomic E-state index is 2.55. The Morgan fingerprint density at radius 1 is 0.517 bits per heavy atom. The molecule has 0 saturated heterocycles. The van der Waals surface area contributed by atoms with Crippen molar-refractivity contribution in [2.24, 2.45) is 5.92 Å². The number of para-hydroxylation sites is 1. The van der Waals surface area contributed by atoms with Crippen molar-refractivity contribution >= 4 is 39.3 Å². The summed E-state index contributed by atoms with van der Waals surface area (Å²) in [7, 11) is 0. The van der Waals surface area contributed by atoms with Crippen LogP contribution in [0.2, 0.25) is 0 Å². The zero-order valence-corrected chi connectivity index (χ0v) is 32.9. The Labute approximate surface area is 341 Å². The fourth-order valence-corrected chi connectivity index (χ4v) is 9.75. The molecule has 9 aromatic rings. The summed E-state index contributed by atoms with van der Waals surface area (Å²) in [5.41, 5.74) is 19.2. The predicted molar refractivity (Wildman–Crippen MR) is 245 cm³/mol. The van der Waals surface area contributed by atoms with Gasteiger partial charge in [-0.1, -0.05) is 159 Å². The fourth-order valence-electron chi connectivity index (χ4n) is 9.75. The molecule has 2 heteroatoms. The smallest absolute Gasteiger partial charge is 0.0541 e. The third-order valence-corrected chi connectivity index (χ3v) is 12.8. The molecular formula is C56H44N2. The third kappa shape index (κ3) is 5.71. The largest absolute Gasteiger partial charge is 0.341 e. The second-order valence-corrected chi connectivity index (χ2v) is 16.6. The van der Waals surface area contributed by atoms with E-state index in [1.54, 1.807) is 0 Å². The highest BCUT2D eigenvalue weighted by Crippen LogP contribution is 2.50. The average Bonchev–Trinajstić information content (AvgIpc) is 3.73. The lowest BCUT2D eigenvalue weighted by atomic mass is 9.82. The Kier molecular flexibility index (Phi) is 8.08. The van der Waals surface area contributed by atoms with E-state index in [0.717, 1.165) is 18.7 Å². The van der Waals surface area contributed by atoms with Crippen molar-refractivity contribution in [1.82, 2.24) is 4.57 Å². The lowest BCUT2D eigenvalue weighted by Gasteiger charge is -2.31. The Bertz CT molecular complexity index is 3020. The summed E-state index contributed by atoms with van der Waals surface area (Å²) >= 11 is 0. The monoisotopic (exact) mass is 744 g/mol. The van der Waals surface area contributed by atoms with Gasteiger partial charge in [-0.25, -0.2) is 0 Å². The van der Waals surface area contributed by atoms with Gasteiger partial charge in [0.15, 0.2) is 0 Å². The van der Waals surface area contributed by atoms with Gasteiger partial charge in [-0.3, -0.25) is 0 Å². The Morgan fingerprint density at radius 2 is 1.16 bits per heavy atom. The molecular weight excluding hydrogens is 701 g/mol. The standard InChI is InChI=1S/C56H44N2/c1-56(2)52-18-10-8-16-48(52)49-32-31-47(36-53(49)56)57(37-38-20-21-40-14-6-7-15-43(40)34-38)45-27-22-42(23-28-45)44-26-33-55-51(35-44)50-17-9-11-19-54(50)58(55)46-29-24-41(25-30-46)39-12-4-3-5-13-39/h3-33,35-36,38H,34,37H2,1-2H3. The van der Waals surface area contributed by atoms with E-state index in [-0.39, 0.29) is 5.41 Å². The van der Waals surface area contributed by atoms with Gasteiger partial charge in [0.05, 0.1) is 11.0 Å². The van der Waals surface area contributed by atoms with E-state index >= 15 is 0 Å². The highest BCUT2D eigenvalue weighted by molar-refractivity contribution is 6.10. The normalized spacial score (nSPS) is 15.0. The summed E-state index contributed by atoms with van der Waals surface area (Å²) in [5.74, 6) is 0.391. The van der Waals surface area contributed by atoms with E-state index in [0.29, 0.717) is 5.92 Å². The van der Waals surface area contributed by atoms with E-state index in [1.807, 2.05) is 0 Å². The minimum atomic E-state index is -0.0610. The van der Waals surface area contributed by atoms with Gasteiger partial charge < -0.3 is 9.47 Å². The molecule has 278 valence electrons. The number of hydrogen-bond acceptors (Lipinski definition) is 1. The maximum absolute atomic E-state index is 2.55. The van der Waals surface area contributed by atoms with Crippen LogP contribution in [-0.4, -0.2) is 11.1 Å². The SMILES string of the molecule is CC1(C)c2ccccc2-c2ccc(N(CC3C=Cc4ccccc4C3)c3ccc(-c4ccc5c(c4)c4ccccc4n5-c4ccc(-c5ccccc5)cc4)cc3)cc21. The molecule has 11 rings (SSSR count). The molecule has 0 fully saturated rings. The quantitative estimate of drug-likeness (QED) is 0.158. The van der Waals surface area contributed by atoms with E-state index in [9.17, 15) is 0 Å². The van der Waals surface area contributed by atoms with Crippen LogP contribution in [0.3, 0.4) is 0 Å². The van der Waals surface area contributed by atoms with Crippen molar-refractivity contribution in [1.29, 1.82) is 0 Å². The first-order valence-electron chi connectivity index (χ1n) is 20.6. The van der Waals surface area contributed by atoms with Gasteiger partial charge in [0.25, 0.3) is 0 Å². The summed E-state index contributed by atoms with van der Waals surface area (Å²) in [6.45, 7) is 5.64. The topological polar surface area (TPSA) is 8.17 Å². The van der Waals surface area contributed by atoms with Crippen LogP contribution in [0.4, 0.5) is 11.4 Å². The highest BCUT2D eigenvalue weighted by atomic mass is 15.1. The van der Waals surface area contributed by atoms with Crippen molar-refractivity contribution in [3.05, 3.63) is 216 Å². The van der Waals surface area contributed by atoms with Gasteiger partial charge in [0.1, 0.15) is 0 Å². The second-order valence-electron chi connectivity index (χ2n) is 16.6. The third-order valence-electron chi connectivity index (χ3n) is 12.8. The lowest BCUT2D eigenvalue weighted by Crippen LogP contribution is -2.27.